The van der Waals surface area contributed by atoms with E-state index in [1.807, 2.05) is 13.8 Å². The number of aliphatic hydroxyl groups is 1. The molecule has 2 rings (SSSR count). The summed E-state index contributed by atoms with van der Waals surface area (Å²) < 4.78 is 28.7. The van der Waals surface area contributed by atoms with Crippen LogP contribution in [0.4, 0.5) is 0 Å². The minimum Gasteiger partial charge on any atom is -0.395 e. The lowest BCUT2D eigenvalue weighted by Gasteiger charge is -2.34. The molecule has 1 aliphatic carbocycles. The van der Waals surface area contributed by atoms with Crippen LogP contribution in [-0.2, 0) is 10.0 Å². The van der Waals surface area contributed by atoms with Crippen LogP contribution in [0, 0.1) is 5.92 Å². The summed E-state index contributed by atoms with van der Waals surface area (Å²) in [7, 11) is -3.65. The molecule has 0 amide bonds. The molecule has 1 atom stereocenters. The van der Waals surface area contributed by atoms with E-state index in [0.717, 1.165) is 19.3 Å². The van der Waals surface area contributed by atoms with Crippen LogP contribution in [0.3, 0.4) is 0 Å². The Morgan fingerprint density at radius 3 is 2.52 bits per heavy atom. The monoisotopic (exact) mass is 315 g/mol. The molecule has 1 unspecified atom stereocenters. The van der Waals surface area contributed by atoms with Gasteiger partial charge in [0.25, 0.3) is 10.0 Å². The molecule has 1 aromatic rings. The summed E-state index contributed by atoms with van der Waals surface area (Å²) in [4.78, 5) is 4.05. The highest BCUT2D eigenvalue weighted by molar-refractivity contribution is 7.89. The Labute approximate surface area is 126 Å². The van der Waals surface area contributed by atoms with Gasteiger partial charge in [-0.1, -0.05) is 6.42 Å². The normalized spacial score (nSPS) is 18.2. The molecule has 1 aliphatic rings. The number of aromatic nitrogens is 2. The van der Waals surface area contributed by atoms with Crippen LogP contribution in [0.25, 0.3) is 0 Å². The summed E-state index contributed by atoms with van der Waals surface area (Å²) in [6, 6.07) is -0.267. The SMILES string of the molecule is CC(CO)N(CC1CCC1)S(=O)(=O)c1cn(C(C)C)cn1. The molecule has 6 nitrogen and oxygen atoms in total. The van der Waals surface area contributed by atoms with Crippen molar-refractivity contribution in [2.45, 2.75) is 57.1 Å². The summed E-state index contributed by atoms with van der Waals surface area (Å²) in [5.41, 5.74) is 0. The summed E-state index contributed by atoms with van der Waals surface area (Å²) in [5.74, 6) is 0.404. The van der Waals surface area contributed by atoms with Crippen LogP contribution in [0.5, 0.6) is 0 Å². The Hall–Kier alpha value is -0.920. The van der Waals surface area contributed by atoms with E-state index in [1.54, 1.807) is 24.0 Å². The average Bonchev–Trinajstić information content (AvgIpc) is 2.86. The smallest absolute Gasteiger partial charge is 0.262 e. The van der Waals surface area contributed by atoms with Crippen LogP contribution < -0.4 is 0 Å². The molecule has 0 radical (unpaired) electrons. The van der Waals surface area contributed by atoms with E-state index in [0.29, 0.717) is 12.5 Å². The Balaban J connectivity index is 2.26. The van der Waals surface area contributed by atoms with Crippen LogP contribution in [0.15, 0.2) is 17.6 Å². The van der Waals surface area contributed by atoms with E-state index < -0.39 is 16.1 Å². The lowest BCUT2D eigenvalue weighted by atomic mass is 9.85. The van der Waals surface area contributed by atoms with Crippen LogP contribution in [0.1, 0.15) is 46.1 Å². The van der Waals surface area contributed by atoms with Gasteiger partial charge in [-0.3, -0.25) is 0 Å². The van der Waals surface area contributed by atoms with Crippen molar-refractivity contribution in [3.63, 3.8) is 0 Å². The van der Waals surface area contributed by atoms with Crippen LogP contribution >= 0.6 is 0 Å². The Morgan fingerprint density at radius 2 is 2.10 bits per heavy atom. The molecular formula is C14H25N3O3S. The fraction of sp³-hybridized carbons (Fsp3) is 0.786. The molecule has 0 bridgehead atoms. The third-order valence-electron chi connectivity index (χ3n) is 4.17. The molecule has 0 spiro atoms. The molecule has 1 heterocycles. The third kappa shape index (κ3) is 3.46. The molecule has 21 heavy (non-hydrogen) atoms. The Kier molecular flexibility index (Phi) is 5.06. The topological polar surface area (TPSA) is 75.4 Å². The van der Waals surface area contributed by atoms with E-state index >= 15 is 0 Å². The highest BCUT2D eigenvalue weighted by Gasteiger charge is 2.34. The quantitative estimate of drug-likeness (QED) is 0.830. The third-order valence-corrected chi connectivity index (χ3v) is 6.03. The number of hydrogen-bond acceptors (Lipinski definition) is 4. The van der Waals surface area contributed by atoms with Crippen LogP contribution in [0.2, 0.25) is 0 Å². The van der Waals surface area contributed by atoms with Crippen molar-refractivity contribution in [2.75, 3.05) is 13.2 Å². The average molecular weight is 315 g/mol. The minimum absolute atomic E-state index is 0.0656. The summed E-state index contributed by atoms with van der Waals surface area (Å²) in [6.07, 6.45) is 6.39. The van der Waals surface area contributed by atoms with Crippen molar-refractivity contribution in [3.05, 3.63) is 12.5 Å². The number of nitrogens with zero attached hydrogens (tertiary/aromatic N) is 3. The fourth-order valence-corrected chi connectivity index (χ4v) is 4.01. The van der Waals surface area contributed by atoms with Gasteiger partial charge in [0.15, 0.2) is 5.03 Å². The highest BCUT2D eigenvalue weighted by Crippen LogP contribution is 2.30. The van der Waals surface area contributed by atoms with Crippen LogP contribution in [-0.4, -0.2) is 46.6 Å². The standard InChI is InChI=1S/C14H25N3O3S/c1-11(2)16-8-14(15-10-16)21(19,20)17(12(3)9-18)7-13-5-4-6-13/h8,10-13,18H,4-7,9H2,1-3H3. The second kappa shape index (κ2) is 6.46. The summed E-state index contributed by atoms with van der Waals surface area (Å²) in [5, 5.41) is 9.45. The first-order valence-electron chi connectivity index (χ1n) is 7.52. The van der Waals surface area contributed by atoms with Gasteiger partial charge in [-0.15, -0.1) is 0 Å². The maximum atomic E-state index is 12.8. The van der Waals surface area contributed by atoms with Gasteiger partial charge in [-0.05, 0) is 39.5 Å². The van der Waals surface area contributed by atoms with E-state index in [2.05, 4.69) is 4.98 Å². The van der Waals surface area contributed by atoms with E-state index in [4.69, 9.17) is 0 Å². The molecule has 120 valence electrons. The van der Waals surface area contributed by atoms with E-state index in [1.165, 1.54) is 4.31 Å². The second-order valence-electron chi connectivity index (χ2n) is 6.16. The molecule has 0 aliphatic heterocycles. The van der Waals surface area contributed by atoms with Gasteiger partial charge in [0.05, 0.1) is 12.9 Å². The molecule has 1 aromatic heterocycles. The van der Waals surface area contributed by atoms with E-state index in [-0.39, 0.29) is 17.7 Å². The lowest BCUT2D eigenvalue weighted by Crippen LogP contribution is -2.44. The Bertz CT molecular complexity index is 564. The zero-order chi connectivity index (χ0) is 15.6. The molecule has 1 fully saturated rings. The maximum Gasteiger partial charge on any atom is 0.262 e. The predicted molar refractivity (Wildman–Crippen MR) is 80.4 cm³/mol. The summed E-state index contributed by atoms with van der Waals surface area (Å²) in [6.45, 7) is 5.96. The van der Waals surface area contributed by atoms with Gasteiger partial charge in [-0.25, -0.2) is 13.4 Å². The number of sulfonamides is 1. The summed E-state index contributed by atoms with van der Waals surface area (Å²) >= 11 is 0. The van der Waals surface area contributed by atoms with Crippen molar-refractivity contribution in [1.82, 2.24) is 13.9 Å². The Morgan fingerprint density at radius 1 is 1.43 bits per heavy atom. The molecular weight excluding hydrogens is 290 g/mol. The van der Waals surface area contributed by atoms with Crippen molar-refractivity contribution >= 4 is 10.0 Å². The van der Waals surface area contributed by atoms with Gasteiger partial charge in [0.2, 0.25) is 0 Å². The van der Waals surface area contributed by atoms with Gasteiger partial charge in [0, 0.05) is 24.8 Å². The molecule has 7 heteroatoms. The first-order chi connectivity index (χ1) is 9.86. The fourth-order valence-electron chi connectivity index (χ4n) is 2.39. The van der Waals surface area contributed by atoms with Crippen molar-refractivity contribution in [3.8, 4) is 0 Å². The first-order valence-corrected chi connectivity index (χ1v) is 8.96. The zero-order valence-corrected chi connectivity index (χ0v) is 13.8. The molecule has 1 saturated carbocycles. The number of rotatable bonds is 7. The number of hydrogen-bond donors (Lipinski definition) is 1. The number of aliphatic hydroxyl groups excluding tert-OH is 1. The van der Waals surface area contributed by atoms with E-state index in [9.17, 15) is 13.5 Å². The predicted octanol–water partition coefficient (Wildman–Crippen LogP) is 1.64. The highest BCUT2D eigenvalue weighted by atomic mass is 32.2. The van der Waals surface area contributed by atoms with Gasteiger partial charge in [0.1, 0.15) is 0 Å². The molecule has 1 N–H and O–H groups in total. The van der Waals surface area contributed by atoms with Crippen molar-refractivity contribution < 1.29 is 13.5 Å². The van der Waals surface area contributed by atoms with Crippen molar-refractivity contribution in [1.29, 1.82) is 0 Å². The minimum atomic E-state index is -3.65. The zero-order valence-electron chi connectivity index (χ0n) is 12.9. The van der Waals surface area contributed by atoms with Gasteiger partial charge < -0.3 is 9.67 Å². The lowest BCUT2D eigenvalue weighted by molar-refractivity contribution is 0.162. The maximum absolute atomic E-state index is 12.8. The van der Waals surface area contributed by atoms with Crippen molar-refractivity contribution in [2.24, 2.45) is 5.92 Å². The van der Waals surface area contributed by atoms with Gasteiger partial charge >= 0.3 is 0 Å². The van der Waals surface area contributed by atoms with Gasteiger partial charge in [-0.2, -0.15) is 4.31 Å². The number of imidazole rings is 1. The first kappa shape index (κ1) is 16.5. The molecule has 0 aromatic carbocycles. The second-order valence-corrected chi connectivity index (χ2v) is 7.99. The molecule has 0 saturated heterocycles. The largest absolute Gasteiger partial charge is 0.395 e.